The average molecular weight is 231 g/mol. The zero-order chi connectivity index (χ0) is 12.1. The first kappa shape index (κ1) is 11.8. The number of aromatic nitrogens is 1. The predicted molar refractivity (Wildman–Crippen MR) is 66.1 cm³/mol. The van der Waals surface area contributed by atoms with E-state index in [4.69, 9.17) is 10.3 Å². The number of hydrogen-bond donors (Lipinski definition) is 2. The Bertz CT molecular complexity index is 453. The van der Waals surface area contributed by atoms with Crippen molar-refractivity contribution in [2.24, 2.45) is 5.84 Å². The molecule has 3 N–H and O–H groups in total. The van der Waals surface area contributed by atoms with E-state index in [0.29, 0.717) is 0 Å². The molecule has 0 aliphatic carbocycles. The fourth-order valence-electron chi connectivity index (χ4n) is 1.96. The molecule has 1 unspecified atom stereocenters. The first-order chi connectivity index (χ1) is 8.35. The van der Waals surface area contributed by atoms with Gasteiger partial charge in [-0.3, -0.25) is 16.3 Å². The van der Waals surface area contributed by atoms with E-state index < -0.39 is 0 Å². The molecule has 0 fully saturated rings. The second-order valence-corrected chi connectivity index (χ2v) is 3.94. The molecule has 0 saturated heterocycles. The largest absolute Gasteiger partial charge is 0.469 e. The fraction of sp³-hybridized carbons (Fsp3) is 0.308. The van der Waals surface area contributed by atoms with Crippen molar-refractivity contribution in [1.82, 2.24) is 10.4 Å². The van der Waals surface area contributed by atoms with Gasteiger partial charge in [-0.1, -0.05) is 13.0 Å². The third-order valence-corrected chi connectivity index (χ3v) is 2.84. The third-order valence-electron chi connectivity index (χ3n) is 2.84. The van der Waals surface area contributed by atoms with Gasteiger partial charge in [-0.25, -0.2) is 0 Å². The van der Waals surface area contributed by atoms with E-state index in [9.17, 15) is 0 Å². The van der Waals surface area contributed by atoms with Crippen LogP contribution in [0.25, 0.3) is 0 Å². The molecule has 4 heteroatoms. The first-order valence-corrected chi connectivity index (χ1v) is 5.76. The lowest BCUT2D eigenvalue weighted by atomic mass is 10.00. The van der Waals surface area contributed by atoms with Crippen LogP contribution in [0.15, 0.2) is 41.3 Å². The molecule has 0 spiro atoms. The van der Waals surface area contributed by atoms with Crippen molar-refractivity contribution < 1.29 is 4.42 Å². The molecule has 2 rings (SSSR count). The van der Waals surface area contributed by atoms with Gasteiger partial charge in [0.05, 0.1) is 12.3 Å². The summed E-state index contributed by atoms with van der Waals surface area (Å²) in [4.78, 5) is 4.10. The second kappa shape index (κ2) is 5.61. The molecule has 0 saturated carbocycles. The minimum atomic E-state index is 0.0629. The highest BCUT2D eigenvalue weighted by Gasteiger charge is 2.16. The molecule has 0 aromatic carbocycles. The fourth-order valence-corrected chi connectivity index (χ4v) is 1.96. The van der Waals surface area contributed by atoms with Crippen molar-refractivity contribution in [2.45, 2.75) is 25.8 Å². The van der Waals surface area contributed by atoms with Crippen LogP contribution in [0, 0.1) is 0 Å². The smallest absolute Gasteiger partial charge is 0.108 e. The van der Waals surface area contributed by atoms with Crippen molar-refractivity contribution in [3.8, 4) is 0 Å². The van der Waals surface area contributed by atoms with Crippen LogP contribution in [-0.4, -0.2) is 4.98 Å². The molecule has 4 nitrogen and oxygen atoms in total. The average Bonchev–Trinajstić information content (AvgIpc) is 2.85. The number of hydrogen-bond acceptors (Lipinski definition) is 4. The summed E-state index contributed by atoms with van der Waals surface area (Å²) in [5.74, 6) is 6.61. The summed E-state index contributed by atoms with van der Waals surface area (Å²) in [6.07, 6.45) is 7.01. The Morgan fingerprint density at radius 1 is 1.47 bits per heavy atom. The van der Waals surface area contributed by atoms with Gasteiger partial charge in [0.2, 0.25) is 0 Å². The van der Waals surface area contributed by atoms with Gasteiger partial charge >= 0.3 is 0 Å². The maximum atomic E-state index is 5.62. The SMILES string of the molecule is CCc1occc1C(Cc1cccnc1)NN. The van der Waals surface area contributed by atoms with E-state index in [1.54, 1.807) is 12.5 Å². The predicted octanol–water partition coefficient (Wildman–Crippen LogP) is 1.98. The number of pyridine rings is 1. The lowest BCUT2D eigenvalue weighted by Crippen LogP contribution is -2.29. The molecule has 2 aromatic rings. The molecule has 0 bridgehead atoms. The minimum absolute atomic E-state index is 0.0629. The van der Waals surface area contributed by atoms with Gasteiger partial charge in [-0.05, 0) is 24.1 Å². The normalized spacial score (nSPS) is 12.6. The Balaban J connectivity index is 2.17. The Morgan fingerprint density at radius 2 is 2.35 bits per heavy atom. The summed E-state index contributed by atoms with van der Waals surface area (Å²) in [5.41, 5.74) is 5.12. The van der Waals surface area contributed by atoms with E-state index in [0.717, 1.165) is 29.7 Å². The topological polar surface area (TPSA) is 64.1 Å². The van der Waals surface area contributed by atoms with E-state index in [2.05, 4.69) is 17.3 Å². The molecule has 0 amide bonds. The quantitative estimate of drug-likeness (QED) is 0.610. The highest BCUT2D eigenvalue weighted by molar-refractivity contribution is 5.24. The number of nitrogens with two attached hydrogens (primary N) is 1. The summed E-state index contributed by atoms with van der Waals surface area (Å²) >= 11 is 0. The van der Waals surface area contributed by atoms with Gasteiger partial charge in [-0.15, -0.1) is 0 Å². The molecule has 90 valence electrons. The van der Waals surface area contributed by atoms with Gasteiger partial charge in [0, 0.05) is 24.4 Å². The Kier molecular flexibility index (Phi) is 3.90. The van der Waals surface area contributed by atoms with Crippen molar-refractivity contribution in [3.63, 3.8) is 0 Å². The second-order valence-electron chi connectivity index (χ2n) is 3.94. The van der Waals surface area contributed by atoms with E-state index in [1.807, 2.05) is 24.4 Å². The van der Waals surface area contributed by atoms with Gasteiger partial charge in [0.15, 0.2) is 0 Å². The molecule has 2 heterocycles. The van der Waals surface area contributed by atoms with Crippen molar-refractivity contribution >= 4 is 0 Å². The Hall–Kier alpha value is -1.65. The van der Waals surface area contributed by atoms with Crippen molar-refractivity contribution in [2.75, 3.05) is 0 Å². The number of furan rings is 1. The Labute approximate surface area is 101 Å². The Morgan fingerprint density at radius 3 is 3.00 bits per heavy atom. The third kappa shape index (κ3) is 2.72. The van der Waals surface area contributed by atoms with Gasteiger partial charge in [0.1, 0.15) is 5.76 Å². The molecule has 0 aliphatic heterocycles. The van der Waals surface area contributed by atoms with Crippen molar-refractivity contribution in [3.05, 3.63) is 53.7 Å². The van der Waals surface area contributed by atoms with Crippen LogP contribution in [0.3, 0.4) is 0 Å². The zero-order valence-corrected chi connectivity index (χ0v) is 9.89. The molecule has 1 atom stereocenters. The highest BCUT2D eigenvalue weighted by Crippen LogP contribution is 2.22. The lowest BCUT2D eigenvalue weighted by molar-refractivity contribution is 0.487. The monoisotopic (exact) mass is 231 g/mol. The van der Waals surface area contributed by atoms with Gasteiger partial charge < -0.3 is 4.42 Å². The maximum absolute atomic E-state index is 5.62. The van der Waals surface area contributed by atoms with Crippen LogP contribution in [0.2, 0.25) is 0 Å². The van der Waals surface area contributed by atoms with Crippen LogP contribution < -0.4 is 11.3 Å². The minimum Gasteiger partial charge on any atom is -0.469 e. The molecule has 17 heavy (non-hydrogen) atoms. The van der Waals surface area contributed by atoms with Crippen LogP contribution in [-0.2, 0) is 12.8 Å². The molecular weight excluding hydrogens is 214 g/mol. The summed E-state index contributed by atoms with van der Waals surface area (Å²) < 4.78 is 5.42. The standard InChI is InChI=1S/C13H17N3O/c1-2-13-11(5-7-17-13)12(16-14)8-10-4-3-6-15-9-10/h3-7,9,12,16H,2,8,14H2,1H3. The van der Waals surface area contributed by atoms with Crippen LogP contribution in [0.4, 0.5) is 0 Å². The number of hydrazine groups is 1. The maximum Gasteiger partial charge on any atom is 0.108 e. The molecular formula is C13H17N3O. The molecule has 0 aliphatic rings. The van der Waals surface area contributed by atoms with Crippen LogP contribution in [0.5, 0.6) is 0 Å². The van der Waals surface area contributed by atoms with Crippen molar-refractivity contribution in [1.29, 1.82) is 0 Å². The van der Waals surface area contributed by atoms with E-state index >= 15 is 0 Å². The van der Waals surface area contributed by atoms with E-state index in [-0.39, 0.29) is 6.04 Å². The first-order valence-electron chi connectivity index (χ1n) is 5.76. The van der Waals surface area contributed by atoms with Gasteiger partial charge in [0.25, 0.3) is 0 Å². The summed E-state index contributed by atoms with van der Waals surface area (Å²) in [7, 11) is 0. The lowest BCUT2D eigenvalue weighted by Gasteiger charge is -2.15. The number of rotatable bonds is 5. The number of nitrogens with one attached hydrogen (secondary N) is 1. The summed E-state index contributed by atoms with van der Waals surface area (Å²) in [6, 6.07) is 6.01. The van der Waals surface area contributed by atoms with E-state index in [1.165, 1.54) is 0 Å². The summed E-state index contributed by atoms with van der Waals surface area (Å²) in [5, 5.41) is 0. The molecule has 0 radical (unpaired) electrons. The van der Waals surface area contributed by atoms with Crippen LogP contribution in [0.1, 0.15) is 29.9 Å². The number of nitrogens with zero attached hydrogens (tertiary/aromatic N) is 1. The molecule has 2 aromatic heterocycles. The number of aryl methyl sites for hydroxylation is 1. The zero-order valence-electron chi connectivity index (χ0n) is 9.89. The summed E-state index contributed by atoms with van der Waals surface area (Å²) in [6.45, 7) is 2.07. The highest BCUT2D eigenvalue weighted by atomic mass is 16.3. The van der Waals surface area contributed by atoms with Gasteiger partial charge in [-0.2, -0.15) is 0 Å². The van der Waals surface area contributed by atoms with Crippen LogP contribution >= 0.6 is 0 Å².